The number of amides is 1. The van der Waals surface area contributed by atoms with Crippen LogP contribution >= 0.6 is 0 Å². The van der Waals surface area contributed by atoms with Gasteiger partial charge in [-0.25, -0.2) is 9.18 Å². The van der Waals surface area contributed by atoms with Crippen LogP contribution in [-0.2, 0) is 14.3 Å². The molecular weight excluding hydrogens is 309 g/mol. The second kappa shape index (κ2) is 9.85. The molecule has 0 spiro atoms. The summed E-state index contributed by atoms with van der Waals surface area (Å²) in [6.45, 7) is -0.289. The second-order valence-electron chi connectivity index (χ2n) is 6.11. The normalized spacial score (nSPS) is 16.4. The fourth-order valence-electron chi connectivity index (χ4n) is 2.83. The predicted octanol–water partition coefficient (Wildman–Crippen LogP) is 3.61. The van der Waals surface area contributed by atoms with E-state index in [0.717, 1.165) is 25.7 Å². The van der Waals surface area contributed by atoms with Crippen LogP contribution in [0, 0.1) is 5.82 Å². The summed E-state index contributed by atoms with van der Waals surface area (Å²) in [6, 6.07) is 6.05. The minimum absolute atomic E-state index is 0.180. The van der Waals surface area contributed by atoms with Crippen molar-refractivity contribution in [3.8, 4) is 0 Å². The molecule has 1 saturated carbocycles. The Morgan fingerprint density at radius 3 is 2.58 bits per heavy atom. The van der Waals surface area contributed by atoms with E-state index in [1.165, 1.54) is 43.5 Å². The maximum Gasteiger partial charge on any atom is 0.331 e. The highest BCUT2D eigenvalue weighted by Crippen LogP contribution is 2.17. The number of halogens is 1. The summed E-state index contributed by atoms with van der Waals surface area (Å²) in [7, 11) is 0. The minimum Gasteiger partial charge on any atom is -0.452 e. The summed E-state index contributed by atoms with van der Waals surface area (Å²) >= 11 is 0. The molecule has 0 heterocycles. The number of ether oxygens (including phenoxy) is 1. The Bertz CT molecular complexity index is 578. The summed E-state index contributed by atoms with van der Waals surface area (Å²) in [4.78, 5) is 23.5. The molecule has 1 aromatic carbocycles. The molecule has 1 aliphatic carbocycles. The Balaban J connectivity index is 1.71. The predicted molar refractivity (Wildman–Crippen MR) is 90.6 cm³/mol. The van der Waals surface area contributed by atoms with E-state index in [9.17, 15) is 14.0 Å². The Labute approximate surface area is 142 Å². The third-order valence-corrected chi connectivity index (χ3v) is 4.08. The van der Waals surface area contributed by atoms with Crippen molar-refractivity contribution in [3.63, 3.8) is 0 Å². The molecular formula is C19H24FNO3. The smallest absolute Gasteiger partial charge is 0.331 e. The molecule has 0 unspecified atom stereocenters. The first-order chi connectivity index (χ1) is 11.6. The molecule has 0 radical (unpaired) electrons. The van der Waals surface area contributed by atoms with Gasteiger partial charge in [-0.05, 0) is 36.6 Å². The van der Waals surface area contributed by atoms with Gasteiger partial charge in [0.05, 0.1) is 0 Å². The maximum absolute atomic E-state index is 13.0. The first-order valence-corrected chi connectivity index (χ1v) is 8.53. The van der Waals surface area contributed by atoms with E-state index in [0.29, 0.717) is 5.56 Å². The van der Waals surface area contributed by atoms with Crippen LogP contribution in [0.5, 0.6) is 0 Å². The lowest BCUT2D eigenvalue weighted by Gasteiger charge is -2.20. The Hall–Kier alpha value is -2.17. The fraction of sp³-hybridized carbons (Fsp3) is 0.474. The van der Waals surface area contributed by atoms with E-state index in [1.54, 1.807) is 12.1 Å². The average Bonchev–Trinajstić information content (AvgIpc) is 2.53. The lowest BCUT2D eigenvalue weighted by Crippen LogP contribution is -2.37. The number of nitrogens with one attached hydrogen (secondary N) is 1. The maximum atomic E-state index is 13.0. The van der Waals surface area contributed by atoms with Crippen molar-refractivity contribution in [2.75, 3.05) is 6.61 Å². The summed E-state index contributed by atoms with van der Waals surface area (Å²) in [5, 5.41) is 2.93. The lowest BCUT2D eigenvalue weighted by atomic mass is 9.97. The van der Waals surface area contributed by atoms with Crippen molar-refractivity contribution < 1.29 is 18.7 Å². The van der Waals surface area contributed by atoms with Gasteiger partial charge in [-0.2, -0.15) is 0 Å². The van der Waals surface area contributed by atoms with Gasteiger partial charge in [-0.3, -0.25) is 4.79 Å². The van der Waals surface area contributed by atoms with Gasteiger partial charge in [-0.15, -0.1) is 0 Å². The van der Waals surface area contributed by atoms with Crippen LogP contribution in [0.2, 0.25) is 0 Å². The topological polar surface area (TPSA) is 55.4 Å². The molecule has 0 atom stereocenters. The zero-order valence-electron chi connectivity index (χ0n) is 13.8. The number of carbonyl (C=O) groups is 2. The zero-order valence-corrected chi connectivity index (χ0v) is 13.8. The van der Waals surface area contributed by atoms with Gasteiger partial charge < -0.3 is 10.1 Å². The Morgan fingerprint density at radius 2 is 1.88 bits per heavy atom. The van der Waals surface area contributed by atoms with E-state index in [4.69, 9.17) is 4.74 Å². The molecule has 0 bridgehead atoms. The molecule has 0 aliphatic heterocycles. The molecule has 24 heavy (non-hydrogen) atoms. The van der Waals surface area contributed by atoms with Crippen LogP contribution in [0.3, 0.4) is 0 Å². The van der Waals surface area contributed by atoms with Gasteiger partial charge in [-0.1, -0.05) is 44.2 Å². The van der Waals surface area contributed by atoms with Crippen LogP contribution in [0.1, 0.15) is 50.5 Å². The van der Waals surface area contributed by atoms with Crippen molar-refractivity contribution >= 4 is 18.0 Å². The van der Waals surface area contributed by atoms with Crippen molar-refractivity contribution in [2.45, 2.75) is 51.0 Å². The largest absolute Gasteiger partial charge is 0.452 e. The fourth-order valence-corrected chi connectivity index (χ4v) is 2.83. The third-order valence-electron chi connectivity index (χ3n) is 4.08. The average molecular weight is 333 g/mol. The highest BCUT2D eigenvalue weighted by atomic mass is 19.1. The van der Waals surface area contributed by atoms with Crippen LogP contribution < -0.4 is 5.32 Å². The monoisotopic (exact) mass is 333 g/mol. The number of hydrogen-bond acceptors (Lipinski definition) is 3. The van der Waals surface area contributed by atoms with Crippen LogP contribution in [0.4, 0.5) is 4.39 Å². The lowest BCUT2D eigenvalue weighted by molar-refractivity contribution is -0.144. The van der Waals surface area contributed by atoms with E-state index >= 15 is 0 Å². The van der Waals surface area contributed by atoms with E-state index in [1.807, 2.05) is 0 Å². The van der Waals surface area contributed by atoms with Crippen molar-refractivity contribution in [2.24, 2.45) is 0 Å². The van der Waals surface area contributed by atoms with Crippen molar-refractivity contribution in [3.05, 3.63) is 41.7 Å². The van der Waals surface area contributed by atoms with Crippen LogP contribution in [0.15, 0.2) is 30.3 Å². The molecule has 0 saturated heterocycles. The van der Waals surface area contributed by atoms with E-state index in [-0.39, 0.29) is 24.4 Å². The number of carbonyl (C=O) groups excluding carboxylic acids is 2. The molecule has 1 aliphatic rings. The first-order valence-electron chi connectivity index (χ1n) is 8.53. The second-order valence-corrected chi connectivity index (χ2v) is 6.11. The minimum atomic E-state index is -0.618. The molecule has 130 valence electrons. The molecule has 1 amide bonds. The molecule has 1 fully saturated rings. The van der Waals surface area contributed by atoms with Gasteiger partial charge in [0.25, 0.3) is 5.91 Å². The Morgan fingerprint density at radius 1 is 1.17 bits per heavy atom. The summed E-state index contributed by atoms with van der Waals surface area (Å²) in [6.07, 6.45) is 10.6. The van der Waals surface area contributed by atoms with Gasteiger partial charge in [0.15, 0.2) is 6.61 Å². The van der Waals surface area contributed by atoms with Crippen LogP contribution in [0.25, 0.3) is 6.08 Å². The first kappa shape index (κ1) is 18.2. The summed E-state index contributed by atoms with van der Waals surface area (Å²) in [5.74, 6) is -1.26. The third kappa shape index (κ3) is 6.94. The number of benzene rings is 1. The summed E-state index contributed by atoms with van der Waals surface area (Å²) in [5.41, 5.74) is 0.561. The number of esters is 1. The number of hydrogen-bond donors (Lipinski definition) is 1. The quantitative estimate of drug-likeness (QED) is 0.661. The molecule has 0 aromatic heterocycles. The highest BCUT2D eigenvalue weighted by Gasteiger charge is 2.14. The van der Waals surface area contributed by atoms with Gasteiger partial charge in [0, 0.05) is 12.1 Å². The van der Waals surface area contributed by atoms with Crippen LogP contribution in [-0.4, -0.2) is 24.5 Å². The summed E-state index contributed by atoms with van der Waals surface area (Å²) < 4.78 is 17.9. The van der Waals surface area contributed by atoms with Crippen molar-refractivity contribution in [1.29, 1.82) is 0 Å². The highest BCUT2D eigenvalue weighted by molar-refractivity contribution is 5.89. The Kier molecular flexibility index (Phi) is 7.46. The van der Waals surface area contributed by atoms with Gasteiger partial charge in [0.1, 0.15) is 5.82 Å². The standard InChI is InChI=1S/C19H24FNO3/c20-16-8-6-7-15(13-16)11-12-19(23)24-14-18(22)21-17-9-4-2-1-3-5-10-17/h6-8,11-13,17H,1-5,9-10,14H2,(H,21,22)/b12-11+. The van der Waals surface area contributed by atoms with Gasteiger partial charge in [0.2, 0.25) is 0 Å². The number of rotatable bonds is 5. The molecule has 1 N–H and O–H groups in total. The molecule has 2 rings (SSSR count). The molecule has 4 nitrogen and oxygen atoms in total. The van der Waals surface area contributed by atoms with Crippen molar-refractivity contribution in [1.82, 2.24) is 5.32 Å². The zero-order chi connectivity index (χ0) is 17.2. The van der Waals surface area contributed by atoms with E-state index in [2.05, 4.69) is 5.32 Å². The molecule has 5 heteroatoms. The van der Waals surface area contributed by atoms with E-state index < -0.39 is 5.97 Å². The van der Waals surface area contributed by atoms with Gasteiger partial charge >= 0.3 is 5.97 Å². The SMILES string of the molecule is O=C(COC(=O)/C=C/c1cccc(F)c1)NC1CCCCCCC1. The molecule has 1 aromatic rings.